The number of aldehydes is 1. The van der Waals surface area contributed by atoms with E-state index in [2.05, 4.69) is 0 Å². The van der Waals surface area contributed by atoms with Crippen molar-refractivity contribution >= 4 is 34.8 Å². The second-order valence-electron chi connectivity index (χ2n) is 2.74. The normalized spacial score (nSPS) is 9.53. The first-order chi connectivity index (χ1) is 7.08. The maximum Gasteiger partial charge on any atom is 0.308 e. The van der Waals surface area contributed by atoms with Crippen LogP contribution in [0.1, 0.15) is 17.3 Å². The molecule has 0 aromatic heterocycles. The van der Waals surface area contributed by atoms with E-state index < -0.39 is 5.97 Å². The Hall–Kier alpha value is -1.11. The lowest BCUT2D eigenvalue weighted by Crippen LogP contribution is -2.04. The van der Waals surface area contributed by atoms with Crippen LogP contribution in [0.15, 0.2) is 12.1 Å². The van der Waals surface area contributed by atoms with Gasteiger partial charge in [-0.1, -0.05) is 0 Å². The van der Waals surface area contributed by atoms with Gasteiger partial charge in [0.2, 0.25) is 0 Å². The van der Waals surface area contributed by atoms with Gasteiger partial charge in [0.1, 0.15) is 11.5 Å². The summed E-state index contributed by atoms with van der Waals surface area (Å²) in [5, 5.41) is 0. The number of rotatable bonds is 3. The van der Waals surface area contributed by atoms with Crippen LogP contribution in [-0.4, -0.2) is 19.4 Å². The first-order valence-corrected chi connectivity index (χ1v) is 5.17. The third kappa shape index (κ3) is 2.92. The highest BCUT2D eigenvalue weighted by Gasteiger charge is 2.10. The monoisotopic (exact) mass is 320 g/mol. The molecule has 15 heavy (non-hydrogen) atoms. The molecule has 1 aromatic rings. The number of carbonyl (C=O) groups excluding carboxylic acids is 2. The molecule has 0 atom stereocenters. The highest BCUT2D eigenvalue weighted by Crippen LogP contribution is 2.29. The fraction of sp³-hybridized carbons (Fsp3) is 0.200. The average Bonchev–Trinajstić information content (AvgIpc) is 2.19. The Morgan fingerprint density at radius 2 is 2.07 bits per heavy atom. The van der Waals surface area contributed by atoms with E-state index in [1.165, 1.54) is 20.1 Å². The van der Waals surface area contributed by atoms with Crippen LogP contribution >= 0.6 is 22.6 Å². The summed E-state index contributed by atoms with van der Waals surface area (Å²) in [6.07, 6.45) is 0.693. The Labute approximate surface area is 101 Å². The lowest BCUT2D eigenvalue weighted by atomic mass is 10.2. The average molecular weight is 320 g/mol. The molecule has 4 nitrogen and oxygen atoms in total. The smallest absolute Gasteiger partial charge is 0.308 e. The SMILES string of the molecule is COc1cc(OC(C)=O)c(I)cc1C=O. The number of hydrogen-bond acceptors (Lipinski definition) is 4. The minimum Gasteiger partial charge on any atom is -0.496 e. The standard InChI is InChI=1S/C10H9IO4/c1-6(13)15-10-4-9(14-2)7(5-12)3-8(10)11/h3-5H,1-2H3. The Morgan fingerprint density at radius 1 is 1.40 bits per heavy atom. The van der Waals surface area contributed by atoms with E-state index in [4.69, 9.17) is 9.47 Å². The van der Waals surface area contributed by atoms with E-state index in [1.807, 2.05) is 22.6 Å². The van der Waals surface area contributed by atoms with Gasteiger partial charge >= 0.3 is 5.97 Å². The zero-order chi connectivity index (χ0) is 11.4. The molecule has 0 bridgehead atoms. The minimum absolute atomic E-state index is 0.390. The molecule has 1 rings (SSSR count). The van der Waals surface area contributed by atoms with Gasteiger partial charge in [0.15, 0.2) is 6.29 Å². The number of ether oxygens (including phenoxy) is 2. The van der Waals surface area contributed by atoms with Gasteiger partial charge < -0.3 is 9.47 Å². The molecule has 0 fully saturated rings. The third-order valence-corrected chi connectivity index (χ3v) is 2.51. The molecule has 0 aliphatic rings. The number of benzene rings is 1. The lowest BCUT2D eigenvalue weighted by Gasteiger charge is -2.08. The van der Waals surface area contributed by atoms with Crippen molar-refractivity contribution < 1.29 is 19.1 Å². The highest BCUT2D eigenvalue weighted by molar-refractivity contribution is 14.1. The van der Waals surface area contributed by atoms with Crippen LogP contribution in [0.2, 0.25) is 0 Å². The second-order valence-corrected chi connectivity index (χ2v) is 3.90. The van der Waals surface area contributed by atoms with Gasteiger partial charge in [-0.25, -0.2) is 0 Å². The summed E-state index contributed by atoms with van der Waals surface area (Å²) < 4.78 is 10.6. The number of esters is 1. The zero-order valence-electron chi connectivity index (χ0n) is 8.24. The fourth-order valence-corrected chi connectivity index (χ4v) is 1.65. The van der Waals surface area contributed by atoms with Gasteiger partial charge in [0, 0.05) is 13.0 Å². The molecular weight excluding hydrogens is 311 g/mol. The van der Waals surface area contributed by atoms with E-state index in [-0.39, 0.29) is 0 Å². The van der Waals surface area contributed by atoms with Crippen LogP contribution in [0, 0.1) is 3.57 Å². The van der Waals surface area contributed by atoms with Crippen LogP contribution in [0.4, 0.5) is 0 Å². The van der Waals surface area contributed by atoms with Gasteiger partial charge in [0.05, 0.1) is 16.2 Å². The zero-order valence-corrected chi connectivity index (χ0v) is 10.4. The Kier molecular flexibility index (Phi) is 4.07. The number of methoxy groups -OCH3 is 1. The predicted molar refractivity (Wildman–Crippen MR) is 62.4 cm³/mol. The molecule has 0 aliphatic heterocycles. The topological polar surface area (TPSA) is 52.6 Å². The van der Waals surface area contributed by atoms with Crippen molar-refractivity contribution in [2.24, 2.45) is 0 Å². The molecule has 0 saturated heterocycles. The maximum absolute atomic E-state index is 10.8. The fourth-order valence-electron chi connectivity index (χ4n) is 1.05. The lowest BCUT2D eigenvalue weighted by molar-refractivity contribution is -0.131. The van der Waals surface area contributed by atoms with Gasteiger partial charge in [-0.15, -0.1) is 0 Å². The van der Waals surface area contributed by atoms with Crippen LogP contribution < -0.4 is 9.47 Å². The number of hydrogen-bond donors (Lipinski definition) is 0. The molecule has 5 heteroatoms. The summed E-state index contributed by atoms with van der Waals surface area (Å²) in [7, 11) is 1.45. The van der Waals surface area contributed by atoms with Gasteiger partial charge in [-0.3, -0.25) is 9.59 Å². The number of carbonyl (C=O) groups is 2. The first kappa shape index (κ1) is 12.0. The third-order valence-electron chi connectivity index (χ3n) is 1.66. The van der Waals surface area contributed by atoms with Gasteiger partial charge in [-0.05, 0) is 28.7 Å². The van der Waals surface area contributed by atoms with E-state index in [9.17, 15) is 9.59 Å². The van der Waals surface area contributed by atoms with E-state index in [1.54, 1.807) is 6.07 Å². The molecule has 0 saturated carbocycles. The van der Waals surface area contributed by atoms with E-state index in [0.717, 1.165) is 0 Å². The quantitative estimate of drug-likeness (QED) is 0.370. The first-order valence-electron chi connectivity index (χ1n) is 4.09. The molecular formula is C10H9IO4. The summed E-state index contributed by atoms with van der Waals surface area (Å²) in [5.41, 5.74) is 0.429. The summed E-state index contributed by atoms with van der Waals surface area (Å²) in [6, 6.07) is 3.12. The van der Waals surface area contributed by atoms with Crippen LogP contribution in [0.3, 0.4) is 0 Å². The second kappa shape index (κ2) is 5.11. The molecule has 0 N–H and O–H groups in total. The van der Waals surface area contributed by atoms with Crippen LogP contribution in [0.5, 0.6) is 11.5 Å². The molecule has 0 radical (unpaired) electrons. The van der Waals surface area contributed by atoms with Crippen molar-refractivity contribution in [1.82, 2.24) is 0 Å². The number of halogens is 1. The van der Waals surface area contributed by atoms with Crippen molar-refractivity contribution in [3.8, 4) is 11.5 Å². The summed E-state index contributed by atoms with van der Waals surface area (Å²) in [6.45, 7) is 1.32. The highest BCUT2D eigenvalue weighted by atomic mass is 127. The molecule has 0 heterocycles. The molecule has 0 aliphatic carbocycles. The Balaban J connectivity index is 3.19. The summed E-state index contributed by atoms with van der Waals surface area (Å²) in [4.78, 5) is 21.5. The Bertz CT molecular complexity index is 401. The van der Waals surface area contributed by atoms with Crippen molar-refractivity contribution in [3.05, 3.63) is 21.3 Å². The van der Waals surface area contributed by atoms with Crippen molar-refractivity contribution in [1.29, 1.82) is 0 Å². The van der Waals surface area contributed by atoms with Crippen LogP contribution in [-0.2, 0) is 4.79 Å². The largest absolute Gasteiger partial charge is 0.496 e. The van der Waals surface area contributed by atoms with Crippen molar-refractivity contribution in [3.63, 3.8) is 0 Å². The van der Waals surface area contributed by atoms with E-state index in [0.29, 0.717) is 26.9 Å². The predicted octanol–water partition coefficient (Wildman–Crippen LogP) is 2.04. The summed E-state index contributed by atoms with van der Waals surface area (Å²) in [5.74, 6) is 0.376. The molecule has 0 spiro atoms. The van der Waals surface area contributed by atoms with Crippen molar-refractivity contribution in [2.45, 2.75) is 6.92 Å². The van der Waals surface area contributed by atoms with Crippen molar-refractivity contribution in [2.75, 3.05) is 7.11 Å². The van der Waals surface area contributed by atoms with Gasteiger partial charge in [0.25, 0.3) is 0 Å². The molecule has 80 valence electrons. The van der Waals surface area contributed by atoms with Crippen LogP contribution in [0.25, 0.3) is 0 Å². The summed E-state index contributed by atoms with van der Waals surface area (Å²) >= 11 is 1.98. The molecule has 0 amide bonds. The minimum atomic E-state index is -0.408. The van der Waals surface area contributed by atoms with Gasteiger partial charge in [-0.2, -0.15) is 0 Å². The Morgan fingerprint density at radius 3 is 2.53 bits per heavy atom. The molecule has 1 aromatic carbocycles. The van der Waals surface area contributed by atoms with E-state index >= 15 is 0 Å². The maximum atomic E-state index is 10.8. The molecule has 0 unspecified atom stereocenters.